The monoisotopic (exact) mass is 812 g/mol. The second-order valence-electron chi connectivity index (χ2n) is 17.0. The van der Waals surface area contributed by atoms with Crippen LogP contribution in [0.4, 0.5) is 0 Å². The molecule has 2 aromatic heterocycles. The molecule has 0 amide bonds. The van der Waals surface area contributed by atoms with Crippen molar-refractivity contribution in [3.05, 3.63) is 218 Å². The van der Waals surface area contributed by atoms with Gasteiger partial charge in [-0.25, -0.2) is 0 Å². The molecule has 0 bridgehead atoms. The number of fused-ring (bicyclic) bond motifs is 12. The van der Waals surface area contributed by atoms with E-state index in [0.29, 0.717) is 0 Å². The summed E-state index contributed by atoms with van der Waals surface area (Å²) in [5, 5.41) is 16.6. The molecule has 0 N–H and O–H groups in total. The third kappa shape index (κ3) is 4.96. The molecule has 64 heavy (non-hydrogen) atoms. The lowest BCUT2D eigenvalue weighted by atomic mass is 9.84. The van der Waals surface area contributed by atoms with Crippen LogP contribution in [0.5, 0.6) is 0 Å². The lowest BCUT2D eigenvalue weighted by Gasteiger charge is -2.18. The Labute approximate surface area is 367 Å². The first-order valence-corrected chi connectivity index (χ1v) is 22.0. The Morgan fingerprint density at radius 2 is 0.703 bits per heavy atom. The van der Waals surface area contributed by atoms with Gasteiger partial charge in [-0.2, -0.15) is 0 Å². The molecule has 14 rings (SSSR count). The summed E-state index contributed by atoms with van der Waals surface area (Å²) in [4.78, 5) is 0. The Kier molecular flexibility index (Phi) is 7.43. The average molecular weight is 813 g/mol. The molecular formula is C62H36O2. The zero-order chi connectivity index (χ0) is 41.9. The van der Waals surface area contributed by atoms with Gasteiger partial charge in [0.05, 0.1) is 0 Å². The molecule has 0 saturated heterocycles. The minimum atomic E-state index is 0.871. The van der Waals surface area contributed by atoms with E-state index >= 15 is 0 Å². The summed E-state index contributed by atoms with van der Waals surface area (Å²) < 4.78 is 13.6. The van der Waals surface area contributed by atoms with Crippen LogP contribution in [-0.4, -0.2) is 0 Å². The van der Waals surface area contributed by atoms with Crippen molar-refractivity contribution in [1.29, 1.82) is 0 Å². The number of para-hydroxylation sites is 1. The highest BCUT2D eigenvalue weighted by Gasteiger charge is 2.24. The standard InChI is InChI=1S/C62H36O2/c1-2-17-38(18-3-1)56-41-20-6-12-26-47(41)59(48-27-13-7-21-42(48)56)50-29-14-30-51-61-49(28-15-31-54(61)64-62(50)51)58-45-24-10-8-22-43(45)57(44-23-9-11-25-46(44)58)39-33-34-53-52(36-39)60-40-19-5-4-16-37(40)32-35-55(60)63-53/h1-36H. The second kappa shape index (κ2) is 13.5. The van der Waals surface area contributed by atoms with Gasteiger partial charge in [0.25, 0.3) is 0 Å². The molecule has 2 heteroatoms. The summed E-state index contributed by atoms with van der Waals surface area (Å²) in [5.74, 6) is 0. The highest BCUT2D eigenvalue weighted by molar-refractivity contribution is 6.29. The van der Waals surface area contributed by atoms with E-state index in [1.54, 1.807) is 0 Å². The molecule has 0 unspecified atom stereocenters. The van der Waals surface area contributed by atoms with Crippen LogP contribution in [-0.2, 0) is 0 Å². The largest absolute Gasteiger partial charge is 0.456 e. The maximum absolute atomic E-state index is 7.12. The Hall–Kier alpha value is -8.46. The van der Waals surface area contributed by atoms with E-state index < -0.39 is 0 Å². The maximum atomic E-state index is 7.12. The second-order valence-corrected chi connectivity index (χ2v) is 17.0. The molecule has 0 aliphatic carbocycles. The summed E-state index contributed by atoms with van der Waals surface area (Å²) in [6, 6.07) is 79.1. The molecule has 0 aliphatic rings. The first-order chi connectivity index (χ1) is 31.8. The van der Waals surface area contributed by atoms with Crippen molar-refractivity contribution in [3.63, 3.8) is 0 Å². The first-order valence-electron chi connectivity index (χ1n) is 22.0. The van der Waals surface area contributed by atoms with Gasteiger partial charge in [0.2, 0.25) is 0 Å². The predicted octanol–water partition coefficient (Wildman–Crippen LogP) is 17.9. The van der Waals surface area contributed by atoms with E-state index in [2.05, 4.69) is 218 Å². The minimum absolute atomic E-state index is 0.871. The Morgan fingerprint density at radius 1 is 0.234 bits per heavy atom. The number of hydrogen-bond donors (Lipinski definition) is 0. The quantitative estimate of drug-likeness (QED) is 0.166. The fourth-order valence-electron chi connectivity index (χ4n) is 11.0. The summed E-state index contributed by atoms with van der Waals surface area (Å²) in [5.41, 5.74) is 13.1. The van der Waals surface area contributed by atoms with E-state index in [1.165, 1.54) is 81.7 Å². The Balaban J connectivity index is 1.04. The van der Waals surface area contributed by atoms with Crippen molar-refractivity contribution < 1.29 is 8.83 Å². The third-order valence-corrected chi connectivity index (χ3v) is 13.6. The molecule has 0 saturated carbocycles. The summed E-state index contributed by atoms with van der Waals surface area (Å²) in [7, 11) is 0. The zero-order valence-electron chi connectivity index (χ0n) is 34.6. The first kappa shape index (κ1) is 35.2. The van der Waals surface area contributed by atoms with Crippen LogP contribution in [0.25, 0.3) is 142 Å². The van der Waals surface area contributed by atoms with Gasteiger partial charge in [0.15, 0.2) is 0 Å². The van der Waals surface area contributed by atoms with Crippen molar-refractivity contribution in [2.24, 2.45) is 0 Å². The fourth-order valence-corrected chi connectivity index (χ4v) is 11.0. The van der Waals surface area contributed by atoms with Crippen molar-refractivity contribution in [3.8, 4) is 44.5 Å². The van der Waals surface area contributed by atoms with Crippen LogP contribution >= 0.6 is 0 Å². The summed E-state index contributed by atoms with van der Waals surface area (Å²) in [6.07, 6.45) is 0. The fraction of sp³-hybridized carbons (Fsp3) is 0. The Bertz CT molecular complexity index is 4130. The molecule has 296 valence electrons. The third-order valence-electron chi connectivity index (χ3n) is 13.6. The lowest BCUT2D eigenvalue weighted by Crippen LogP contribution is -1.91. The summed E-state index contributed by atoms with van der Waals surface area (Å²) in [6.45, 7) is 0. The van der Waals surface area contributed by atoms with E-state index in [9.17, 15) is 0 Å². The maximum Gasteiger partial charge on any atom is 0.143 e. The van der Waals surface area contributed by atoms with Gasteiger partial charge in [-0.05, 0) is 112 Å². The molecule has 14 aromatic rings. The minimum Gasteiger partial charge on any atom is -0.456 e. The number of furan rings is 2. The van der Waals surface area contributed by atoms with Gasteiger partial charge in [-0.15, -0.1) is 0 Å². The van der Waals surface area contributed by atoms with Crippen LogP contribution in [0.1, 0.15) is 0 Å². The highest BCUT2D eigenvalue weighted by Crippen LogP contribution is 2.50. The topological polar surface area (TPSA) is 26.3 Å². The van der Waals surface area contributed by atoms with Gasteiger partial charge in [0, 0.05) is 32.7 Å². The zero-order valence-corrected chi connectivity index (χ0v) is 34.6. The van der Waals surface area contributed by atoms with E-state index in [-0.39, 0.29) is 0 Å². The van der Waals surface area contributed by atoms with Crippen LogP contribution in [0.15, 0.2) is 227 Å². The van der Waals surface area contributed by atoms with Gasteiger partial charge >= 0.3 is 0 Å². The SMILES string of the molecule is c1ccc(-c2c3ccccc3c(-c3cccc4c3oc3cccc(-c5c6ccccc6c(-c6ccc7oc8ccc9ccccc9c8c7c6)c6ccccc56)c34)c3ccccc23)cc1. The van der Waals surface area contributed by atoms with Crippen molar-refractivity contribution in [1.82, 2.24) is 0 Å². The Morgan fingerprint density at radius 3 is 1.34 bits per heavy atom. The molecule has 2 heterocycles. The van der Waals surface area contributed by atoms with Gasteiger partial charge < -0.3 is 8.83 Å². The lowest BCUT2D eigenvalue weighted by molar-refractivity contribution is 0.669. The molecule has 0 spiro atoms. The number of rotatable bonds is 4. The van der Waals surface area contributed by atoms with Crippen molar-refractivity contribution >= 4 is 97.7 Å². The highest BCUT2D eigenvalue weighted by atomic mass is 16.3. The average Bonchev–Trinajstić information content (AvgIpc) is 3.94. The normalized spacial score (nSPS) is 12.1. The van der Waals surface area contributed by atoms with Gasteiger partial charge in [0.1, 0.15) is 22.3 Å². The van der Waals surface area contributed by atoms with Crippen LogP contribution in [0.3, 0.4) is 0 Å². The van der Waals surface area contributed by atoms with Crippen molar-refractivity contribution in [2.45, 2.75) is 0 Å². The number of benzene rings is 12. The molecule has 0 fully saturated rings. The van der Waals surface area contributed by atoms with Crippen LogP contribution in [0.2, 0.25) is 0 Å². The predicted molar refractivity (Wildman–Crippen MR) is 270 cm³/mol. The van der Waals surface area contributed by atoms with Crippen molar-refractivity contribution in [2.75, 3.05) is 0 Å². The van der Waals surface area contributed by atoms with E-state index in [1.807, 2.05) is 0 Å². The molecule has 12 aromatic carbocycles. The van der Waals surface area contributed by atoms with Gasteiger partial charge in [-0.3, -0.25) is 0 Å². The van der Waals surface area contributed by atoms with E-state index in [0.717, 1.165) is 60.6 Å². The van der Waals surface area contributed by atoms with Crippen LogP contribution < -0.4 is 0 Å². The number of hydrogen-bond acceptors (Lipinski definition) is 2. The van der Waals surface area contributed by atoms with Crippen LogP contribution in [0, 0.1) is 0 Å². The van der Waals surface area contributed by atoms with Gasteiger partial charge in [-0.1, -0.05) is 194 Å². The molecule has 0 aliphatic heterocycles. The summed E-state index contributed by atoms with van der Waals surface area (Å²) >= 11 is 0. The molecule has 0 radical (unpaired) electrons. The van der Waals surface area contributed by atoms with E-state index in [4.69, 9.17) is 8.83 Å². The smallest absolute Gasteiger partial charge is 0.143 e. The molecule has 0 atom stereocenters. The molecular weight excluding hydrogens is 777 g/mol. The molecule has 2 nitrogen and oxygen atoms in total.